The van der Waals surface area contributed by atoms with E-state index in [9.17, 15) is 18.0 Å². The maximum Gasteiger partial charge on any atom is 0.321 e. The fourth-order valence-electron chi connectivity index (χ4n) is 2.65. The normalized spacial score (nSPS) is 18.5. The second kappa shape index (κ2) is 6.99. The zero-order valence-corrected chi connectivity index (χ0v) is 13.7. The van der Waals surface area contributed by atoms with Crippen LogP contribution in [0.15, 0.2) is 29.2 Å². The summed E-state index contributed by atoms with van der Waals surface area (Å²) in [6.07, 6.45) is 2.77. The summed E-state index contributed by atoms with van der Waals surface area (Å²) in [4.78, 5) is 24.8. The molecule has 0 radical (unpaired) electrons. The first-order valence-corrected chi connectivity index (χ1v) is 9.22. The molecule has 1 saturated heterocycles. The highest BCUT2D eigenvalue weighted by molar-refractivity contribution is 7.90. The molecule has 0 aliphatic carbocycles. The second-order valence-electron chi connectivity index (χ2n) is 5.78. The molecular weight excluding hydrogens is 320 g/mol. The van der Waals surface area contributed by atoms with Crippen molar-refractivity contribution >= 4 is 27.5 Å². The molecule has 1 fully saturated rings. The monoisotopic (exact) mass is 340 g/mol. The summed E-state index contributed by atoms with van der Waals surface area (Å²) in [5.74, 6) is -0.881. The molecule has 1 aliphatic rings. The number of piperidine rings is 1. The van der Waals surface area contributed by atoms with Crippen LogP contribution in [0, 0.1) is 5.92 Å². The van der Waals surface area contributed by atoms with E-state index in [4.69, 9.17) is 5.11 Å². The lowest BCUT2D eigenvalue weighted by Crippen LogP contribution is -2.42. The molecule has 0 saturated carbocycles. The Morgan fingerprint density at radius 3 is 2.52 bits per heavy atom. The van der Waals surface area contributed by atoms with E-state index in [1.54, 1.807) is 4.90 Å². The van der Waals surface area contributed by atoms with Crippen molar-refractivity contribution in [3.63, 3.8) is 0 Å². The molecule has 1 aromatic rings. The highest BCUT2D eigenvalue weighted by Crippen LogP contribution is 2.21. The molecule has 2 N–H and O–H groups in total. The van der Waals surface area contributed by atoms with Gasteiger partial charge in [-0.1, -0.05) is 0 Å². The van der Waals surface area contributed by atoms with Gasteiger partial charge >= 0.3 is 12.0 Å². The van der Waals surface area contributed by atoms with Crippen molar-refractivity contribution in [1.29, 1.82) is 0 Å². The molecule has 1 atom stereocenters. The van der Waals surface area contributed by atoms with Crippen LogP contribution in [0.4, 0.5) is 10.5 Å². The Balaban J connectivity index is 1.97. The number of likely N-dealkylation sites (tertiary alicyclic amines) is 1. The number of benzene rings is 1. The number of aliphatic carboxylic acids is 1. The maximum absolute atomic E-state index is 12.2. The lowest BCUT2D eigenvalue weighted by atomic mass is 9.95. The number of hydrogen-bond acceptors (Lipinski definition) is 4. The van der Waals surface area contributed by atoms with E-state index in [0.29, 0.717) is 18.8 Å². The summed E-state index contributed by atoms with van der Waals surface area (Å²) in [5.41, 5.74) is 0.503. The molecule has 7 nitrogen and oxygen atoms in total. The molecule has 23 heavy (non-hydrogen) atoms. The van der Waals surface area contributed by atoms with Gasteiger partial charge < -0.3 is 15.3 Å². The van der Waals surface area contributed by atoms with Crippen molar-refractivity contribution in [1.82, 2.24) is 4.90 Å². The summed E-state index contributed by atoms with van der Waals surface area (Å²) in [7, 11) is -3.27. The summed E-state index contributed by atoms with van der Waals surface area (Å²) in [5, 5.41) is 11.6. The highest BCUT2D eigenvalue weighted by atomic mass is 32.2. The van der Waals surface area contributed by atoms with Gasteiger partial charge in [-0.2, -0.15) is 0 Å². The van der Waals surface area contributed by atoms with Crippen LogP contribution in [0.25, 0.3) is 0 Å². The molecule has 8 heteroatoms. The summed E-state index contributed by atoms with van der Waals surface area (Å²) >= 11 is 0. The van der Waals surface area contributed by atoms with Crippen LogP contribution in [-0.2, 0) is 14.6 Å². The number of carbonyl (C=O) groups is 2. The number of anilines is 1. The first-order valence-electron chi connectivity index (χ1n) is 7.33. The smallest absolute Gasteiger partial charge is 0.321 e. The minimum atomic E-state index is -3.27. The highest BCUT2D eigenvalue weighted by Gasteiger charge is 2.25. The maximum atomic E-state index is 12.2. The van der Waals surface area contributed by atoms with Crippen molar-refractivity contribution in [3.05, 3.63) is 24.3 Å². The van der Waals surface area contributed by atoms with E-state index < -0.39 is 15.8 Å². The van der Waals surface area contributed by atoms with Crippen molar-refractivity contribution in [2.24, 2.45) is 5.92 Å². The minimum Gasteiger partial charge on any atom is -0.481 e. The number of rotatable bonds is 4. The van der Waals surface area contributed by atoms with E-state index in [1.165, 1.54) is 24.3 Å². The van der Waals surface area contributed by atoms with E-state index in [2.05, 4.69) is 5.32 Å². The predicted molar refractivity (Wildman–Crippen MR) is 85.1 cm³/mol. The molecule has 2 amide bonds. The van der Waals surface area contributed by atoms with Crippen molar-refractivity contribution in [3.8, 4) is 0 Å². The van der Waals surface area contributed by atoms with E-state index >= 15 is 0 Å². The summed E-state index contributed by atoms with van der Waals surface area (Å²) < 4.78 is 22.8. The fourth-order valence-corrected chi connectivity index (χ4v) is 3.28. The Hall–Kier alpha value is -2.09. The molecule has 0 bridgehead atoms. The molecule has 0 spiro atoms. The van der Waals surface area contributed by atoms with Gasteiger partial charge in [-0.3, -0.25) is 4.79 Å². The summed E-state index contributed by atoms with van der Waals surface area (Å²) in [6.45, 7) is 1.00. The first-order chi connectivity index (χ1) is 10.8. The van der Waals surface area contributed by atoms with Crippen LogP contribution in [0.3, 0.4) is 0 Å². The number of urea groups is 1. The van der Waals surface area contributed by atoms with Gasteiger partial charge in [0.05, 0.1) is 4.90 Å². The number of amides is 2. The fraction of sp³-hybridized carbons (Fsp3) is 0.467. The molecule has 1 heterocycles. The van der Waals surface area contributed by atoms with Crippen LogP contribution in [0.2, 0.25) is 0 Å². The summed E-state index contributed by atoms with van der Waals surface area (Å²) in [6, 6.07) is 5.65. The Morgan fingerprint density at radius 1 is 1.30 bits per heavy atom. The Kier molecular flexibility index (Phi) is 5.25. The zero-order valence-electron chi connectivity index (χ0n) is 12.9. The molecule has 1 unspecified atom stereocenters. The third kappa shape index (κ3) is 4.95. The lowest BCUT2D eigenvalue weighted by Gasteiger charge is -2.32. The van der Waals surface area contributed by atoms with Crippen LogP contribution >= 0.6 is 0 Å². The van der Waals surface area contributed by atoms with Gasteiger partial charge in [-0.15, -0.1) is 0 Å². The first kappa shape index (κ1) is 17.3. The average Bonchev–Trinajstić information content (AvgIpc) is 2.46. The van der Waals surface area contributed by atoms with Gasteiger partial charge in [0.25, 0.3) is 0 Å². The third-order valence-electron chi connectivity index (χ3n) is 3.80. The Bertz CT molecular complexity index is 684. The number of nitrogens with zero attached hydrogens (tertiary/aromatic N) is 1. The quantitative estimate of drug-likeness (QED) is 0.870. The average molecular weight is 340 g/mol. The molecule has 0 aromatic heterocycles. The van der Waals surface area contributed by atoms with Crippen LogP contribution < -0.4 is 5.32 Å². The molecule has 2 rings (SSSR count). The lowest BCUT2D eigenvalue weighted by molar-refractivity contribution is -0.138. The number of sulfone groups is 1. The third-order valence-corrected chi connectivity index (χ3v) is 4.93. The number of carboxylic acid groups (broad SMARTS) is 1. The van der Waals surface area contributed by atoms with Crippen LogP contribution in [-0.4, -0.2) is 49.8 Å². The predicted octanol–water partition coefficient (Wildman–Crippen LogP) is 1.81. The van der Waals surface area contributed by atoms with E-state index in [0.717, 1.165) is 19.1 Å². The zero-order chi connectivity index (χ0) is 17.0. The van der Waals surface area contributed by atoms with Gasteiger partial charge in [0.15, 0.2) is 9.84 Å². The van der Waals surface area contributed by atoms with Gasteiger partial charge in [0, 0.05) is 31.5 Å². The molecule has 1 aromatic carbocycles. The molecular formula is C15H20N2O5S. The van der Waals surface area contributed by atoms with Gasteiger partial charge in [0.2, 0.25) is 0 Å². The topological polar surface area (TPSA) is 104 Å². The van der Waals surface area contributed by atoms with Gasteiger partial charge in [-0.25, -0.2) is 13.2 Å². The van der Waals surface area contributed by atoms with Crippen LogP contribution in [0.5, 0.6) is 0 Å². The number of carbonyl (C=O) groups excluding carboxylic acids is 1. The Labute approximate surface area is 135 Å². The Morgan fingerprint density at radius 2 is 1.96 bits per heavy atom. The number of carboxylic acids is 1. The largest absolute Gasteiger partial charge is 0.481 e. The van der Waals surface area contributed by atoms with Crippen molar-refractivity contribution < 1.29 is 23.1 Å². The molecule has 1 aliphatic heterocycles. The number of nitrogens with one attached hydrogen (secondary N) is 1. The van der Waals surface area contributed by atoms with Gasteiger partial charge in [0.1, 0.15) is 0 Å². The second-order valence-corrected chi connectivity index (χ2v) is 7.79. The minimum absolute atomic E-state index is 0.0281. The van der Waals surface area contributed by atoms with E-state index in [1.807, 2.05) is 0 Å². The van der Waals surface area contributed by atoms with Gasteiger partial charge in [-0.05, 0) is 43.0 Å². The molecule has 126 valence electrons. The van der Waals surface area contributed by atoms with Crippen molar-refractivity contribution in [2.45, 2.75) is 24.2 Å². The van der Waals surface area contributed by atoms with Crippen LogP contribution in [0.1, 0.15) is 19.3 Å². The van der Waals surface area contributed by atoms with Crippen molar-refractivity contribution in [2.75, 3.05) is 24.7 Å². The number of hydrogen-bond donors (Lipinski definition) is 2. The van der Waals surface area contributed by atoms with E-state index in [-0.39, 0.29) is 23.3 Å². The SMILES string of the molecule is CS(=O)(=O)c1ccc(NC(=O)N2CCCC(CC(=O)O)C2)cc1. The standard InChI is InChI=1S/C15H20N2O5S/c1-23(21,22)13-6-4-12(5-7-13)16-15(20)17-8-2-3-11(10-17)9-14(18)19/h4-7,11H,2-3,8-10H2,1H3,(H,16,20)(H,18,19).